The summed E-state index contributed by atoms with van der Waals surface area (Å²) in [7, 11) is 0. The molecule has 1 rings (SSSR count). The summed E-state index contributed by atoms with van der Waals surface area (Å²) in [5.41, 5.74) is 0. The van der Waals surface area contributed by atoms with Gasteiger partial charge in [-0.1, -0.05) is 0 Å². The van der Waals surface area contributed by atoms with Crippen LogP contribution in [-0.2, 0) is 4.74 Å². The molecule has 0 N–H and O–H groups in total. The smallest absolute Gasteiger partial charge is 0.428 e. The molecule has 0 aromatic carbocycles. The molecule has 1 aromatic heterocycles. The van der Waals surface area contributed by atoms with Gasteiger partial charge in [-0.15, -0.1) is 0 Å². The highest BCUT2D eigenvalue weighted by molar-refractivity contribution is 5.86. The Morgan fingerprint density at radius 1 is 1.53 bits per heavy atom. The molecule has 1 atom stereocenters. The van der Waals surface area contributed by atoms with Crippen LogP contribution in [-0.4, -0.2) is 24.9 Å². The van der Waals surface area contributed by atoms with Gasteiger partial charge in [0.2, 0.25) is 11.9 Å². The van der Waals surface area contributed by atoms with Crippen molar-refractivity contribution in [3.05, 3.63) is 24.2 Å². The van der Waals surface area contributed by atoms with Crippen LogP contribution in [0.5, 0.6) is 0 Å². The average molecular weight is 226 g/mol. The molecule has 7 heteroatoms. The van der Waals surface area contributed by atoms with Gasteiger partial charge < -0.3 is 9.15 Å². The average Bonchev–Trinajstić information content (AvgIpc) is 2.64. The molecule has 84 valence electrons. The summed E-state index contributed by atoms with van der Waals surface area (Å²) in [6.45, 7) is -1.82. The first-order valence-corrected chi connectivity index (χ1v) is 3.82. The van der Waals surface area contributed by atoms with E-state index in [1.54, 1.807) is 0 Å². The highest BCUT2D eigenvalue weighted by atomic mass is 19.4. The van der Waals surface area contributed by atoms with Crippen LogP contribution in [0.2, 0.25) is 0 Å². The topological polar surface area (TPSA) is 39.4 Å². The van der Waals surface area contributed by atoms with E-state index in [1.807, 2.05) is 0 Å². The summed E-state index contributed by atoms with van der Waals surface area (Å²) in [6.07, 6.45) is -6.58. The van der Waals surface area contributed by atoms with Crippen molar-refractivity contribution in [1.29, 1.82) is 0 Å². The molecule has 0 amide bonds. The van der Waals surface area contributed by atoms with Crippen LogP contribution in [0, 0.1) is 0 Å². The van der Waals surface area contributed by atoms with Gasteiger partial charge in [-0.3, -0.25) is 0 Å². The van der Waals surface area contributed by atoms with Crippen LogP contribution in [0.15, 0.2) is 22.8 Å². The first-order chi connectivity index (χ1) is 6.95. The minimum atomic E-state index is -4.92. The van der Waals surface area contributed by atoms with E-state index in [9.17, 15) is 22.4 Å². The lowest BCUT2D eigenvalue weighted by atomic mass is 10.3. The van der Waals surface area contributed by atoms with E-state index < -0.39 is 30.7 Å². The standard InChI is InChI=1S/C8H6F4O3/c9-4-6(8(10,11)12)15-7(13)5-2-1-3-14-5/h1-3,6H,4H2. The van der Waals surface area contributed by atoms with E-state index in [4.69, 9.17) is 0 Å². The van der Waals surface area contributed by atoms with Gasteiger partial charge in [-0.05, 0) is 12.1 Å². The maximum Gasteiger partial charge on any atom is 0.428 e. The van der Waals surface area contributed by atoms with Crippen LogP contribution in [0.4, 0.5) is 17.6 Å². The summed E-state index contributed by atoms with van der Waals surface area (Å²) in [4.78, 5) is 10.9. The van der Waals surface area contributed by atoms with Crippen molar-refractivity contribution >= 4 is 5.97 Å². The predicted octanol–water partition coefficient (Wildman–Crippen LogP) is 2.34. The van der Waals surface area contributed by atoms with Crippen molar-refractivity contribution < 1.29 is 31.5 Å². The Hall–Kier alpha value is -1.53. The zero-order valence-electron chi connectivity index (χ0n) is 7.25. The van der Waals surface area contributed by atoms with Crippen molar-refractivity contribution in [2.24, 2.45) is 0 Å². The number of esters is 1. The summed E-state index contributed by atoms with van der Waals surface area (Å²) in [5, 5.41) is 0. The maximum atomic E-state index is 12.0. The number of alkyl halides is 4. The third-order valence-corrected chi connectivity index (χ3v) is 1.48. The van der Waals surface area contributed by atoms with E-state index in [2.05, 4.69) is 9.15 Å². The molecule has 1 unspecified atom stereocenters. The highest BCUT2D eigenvalue weighted by Gasteiger charge is 2.43. The maximum absolute atomic E-state index is 12.0. The van der Waals surface area contributed by atoms with Crippen LogP contribution in [0.25, 0.3) is 0 Å². The largest absolute Gasteiger partial charge is 0.457 e. The van der Waals surface area contributed by atoms with Crippen molar-refractivity contribution in [2.45, 2.75) is 12.3 Å². The van der Waals surface area contributed by atoms with Crippen molar-refractivity contribution in [3.63, 3.8) is 0 Å². The fraction of sp³-hybridized carbons (Fsp3) is 0.375. The first-order valence-electron chi connectivity index (χ1n) is 3.82. The molecule has 0 radical (unpaired) electrons. The third-order valence-electron chi connectivity index (χ3n) is 1.48. The van der Waals surface area contributed by atoms with Crippen molar-refractivity contribution in [3.8, 4) is 0 Å². The van der Waals surface area contributed by atoms with Gasteiger partial charge in [0.1, 0.15) is 6.67 Å². The fourth-order valence-corrected chi connectivity index (χ4v) is 0.768. The SMILES string of the molecule is O=C(OC(CF)C(F)(F)F)c1ccco1. The van der Waals surface area contributed by atoms with Gasteiger partial charge in [-0.25, -0.2) is 9.18 Å². The quantitative estimate of drug-likeness (QED) is 0.586. The zero-order valence-corrected chi connectivity index (χ0v) is 7.25. The van der Waals surface area contributed by atoms with Crippen LogP contribution < -0.4 is 0 Å². The summed E-state index contributed by atoms with van der Waals surface area (Å²) < 4.78 is 56.2. The second-order valence-corrected chi connectivity index (χ2v) is 2.57. The van der Waals surface area contributed by atoms with Gasteiger partial charge in [0, 0.05) is 0 Å². The molecule has 0 fully saturated rings. The fourth-order valence-electron chi connectivity index (χ4n) is 0.768. The van der Waals surface area contributed by atoms with Crippen LogP contribution in [0.3, 0.4) is 0 Å². The first kappa shape index (κ1) is 11.5. The Kier molecular flexibility index (Phi) is 3.33. The molecular formula is C8H6F4O3. The van der Waals surface area contributed by atoms with Gasteiger partial charge in [-0.2, -0.15) is 13.2 Å². The molecule has 0 bridgehead atoms. The van der Waals surface area contributed by atoms with E-state index in [-0.39, 0.29) is 0 Å². The molecule has 1 aromatic rings. The Bertz CT molecular complexity index is 317. The van der Waals surface area contributed by atoms with Gasteiger partial charge >= 0.3 is 12.1 Å². The lowest BCUT2D eigenvalue weighted by Crippen LogP contribution is -2.35. The number of ether oxygens (including phenoxy) is 1. The number of rotatable bonds is 3. The summed E-state index contributed by atoms with van der Waals surface area (Å²) in [5.74, 6) is -1.75. The zero-order chi connectivity index (χ0) is 11.5. The number of carbonyl (C=O) groups excluding carboxylic acids is 1. The van der Waals surface area contributed by atoms with Crippen LogP contribution in [0.1, 0.15) is 10.6 Å². The minimum absolute atomic E-state index is 0.405. The number of furan rings is 1. The molecular weight excluding hydrogens is 220 g/mol. The molecule has 0 saturated heterocycles. The second-order valence-electron chi connectivity index (χ2n) is 2.57. The Morgan fingerprint density at radius 2 is 2.20 bits per heavy atom. The summed E-state index contributed by atoms with van der Waals surface area (Å²) in [6, 6.07) is 2.42. The second kappa shape index (κ2) is 4.33. The lowest BCUT2D eigenvalue weighted by molar-refractivity contribution is -0.208. The number of hydrogen-bond donors (Lipinski definition) is 0. The third kappa shape index (κ3) is 2.97. The molecule has 0 aliphatic carbocycles. The van der Waals surface area contributed by atoms with Gasteiger partial charge in [0.15, 0.2) is 0 Å². The molecule has 3 nitrogen and oxygen atoms in total. The highest BCUT2D eigenvalue weighted by Crippen LogP contribution is 2.24. The molecule has 0 aliphatic heterocycles. The number of carbonyl (C=O) groups is 1. The van der Waals surface area contributed by atoms with Crippen LogP contribution >= 0.6 is 0 Å². The predicted molar refractivity (Wildman–Crippen MR) is 39.9 cm³/mol. The normalized spacial score (nSPS) is 13.6. The molecule has 0 aliphatic rings. The molecule has 0 saturated carbocycles. The van der Waals surface area contributed by atoms with E-state index in [0.717, 1.165) is 12.3 Å². The van der Waals surface area contributed by atoms with Gasteiger partial charge in [0.25, 0.3) is 0 Å². The monoisotopic (exact) mass is 226 g/mol. The minimum Gasteiger partial charge on any atom is -0.457 e. The van der Waals surface area contributed by atoms with E-state index in [1.165, 1.54) is 6.07 Å². The number of halogens is 4. The van der Waals surface area contributed by atoms with Crippen molar-refractivity contribution in [1.82, 2.24) is 0 Å². The Labute approximate surface area is 81.6 Å². The van der Waals surface area contributed by atoms with Crippen molar-refractivity contribution in [2.75, 3.05) is 6.67 Å². The van der Waals surface area contributed by atoms with E-state index in [0.29, 0.717) is 0 Å². The molecule has 0 spiro atoms. The molecule has 1 heterocycles. The Morgan fingerprint density at radius 3 is 2.60 bits per heavy atom. The van der Waals surface area contributed by atoms with Gasteiger partial charge in [0.05, 0.1) is 6.26 Å². The lowest BCUT2D eigenvalue weighted by Gasteiger charge is -2.16. The number of hydrogen-bond acceptors (Lipinski definition) is 3. The summed E-state index contributed by atoms with van der Waals surface area (Å²) >= 11 is 0. The molecule has 15 heavy (non-hydrogen) atoms. The van der Waals surface area contributed by atoms with E-state index >= 15 is 0 Å². The Balaban J connectivity index is 2.65.